The van der Waals surface area contributed by atoms with E-state index in [1.165, 1.54) is 37.4 Å². The van der Waals surface area contributed by atoms with Crippen LogP contribution in [0.3, 0.4) is 0 Å². The van der Waals surface area contributed by atoms with Crippen LogP contribution in [0.1, 0.15) is 22.0 Å². The van der Waals surface area contributed by atoms with Crippen molar-refractivity contribution in [1.82, 2.24) is 0 Å². The van der Waals surface area contributed by atoms with Crippen molar-refractivity contribution < 1.29 is 24.5 Å². The lowest BCUT2D eigenvalue weighted by Crippen LogP contribution is -2.37. The summed E-state index contributed by atoms with van der Waals surface area (Å²) in [5, 5.41) is 18.9. The van der Waals surface area contributed by atoms with Gasteiger partial charge in [0.1, 0.15) is 17.2 Å². The Balaban J connectivity index is 2.05. The molecule has 2 N–H and O–H groups in total. The molecule has 2 aromatic rings. The first kappa shape index (κ1) is 13.5. The van der Waals surface area contributed by atoms with Crippen LogP contribution in [0.4, 0.5) is 0 Å². The Hall–Kier alpha value is -2.53. The molecule has 108 valence electrons. The van der Waals surface area contributed by atoms with Gasteiger partial charge in [-0.3, -0.25) is 4.79 Å². The van der Waals surface area contributed by atoms with Gasteiger partial charge in [-0.05, 0) is 29.8 Å². The number of methoxy groups -OCH3 is 1. The van der Waals surface area contributed by atoms with Gasteiger partial charge in [-0.15, -0.1) is 0 Å². The van der Waals surface area contributed by atoms with Gasteiger partial charge in [-0.2, -0.15) is 0 Å². The Bertz CT molecular complexity index is 678. The van der Waals surface area contributed by atoms with Gasteiger partial charge >= 0.3 is 0 Å². The number of Topliss-reactive ketones (excluding diaryl/α,β-unsaturated/α-hetero) is 1. The monoisotopic (exact) mass is 286 g/mol. The molecule has 5 nitrogen and oxygen atoms in total. The largest absolute Gasteiger partial charge is 0.508 e. The minimum atomic E-state index is -0.772. The van der Waals surface area contributed by atoms with E-state index < -0.39 is 12.2 Å². The van der Waals surface area contributed by atoms with E-state index >= 15 is 0 Å². The van der Waals surface area contributed by atoms with Gasteiger partial charge in [0.05, 0.1) is 5.56 Å². The normalized spacial score (nSPS) is 20.7. The zero-order chi connectivity index (χ0) is 15.0. The number of hydrogen-bond acceptors (Lipinski definition) is 5. The first-order valence-corrected chi connectivity index (χ1v) is 6.46. The van der Waals surface area contributed by atoms with Crippen molar-refractivity contribution in [2.24, 2.45) is 0 Å². The van der Waals surface area contributed by atoms with Crippen LogP contribution in [-0.2, 0) is 4.74 Å². The highest BCUT2D eigenvalue weighted by atomic mass is 16.5. The van der Waals surface area contributed by atoms with Crippen molar-refractivity contribution >= 4 is 5.78 Å². The maximum atomic E-state index is 12.5. The van der Waals surface area contributed by atoms with Crippen LogP contribution in [-0.4, -0.2) is 29.2 Å². The smallest absolute Gasteiger partial charge is 0.199 e. The van der Waals surface area contributed by atoms with Gasteiger partial charge in [-0.1, -0.05) is 12.1 Å². The standard InChI is InChI=1S/C16H14O5/c1-20-16-14(19)12-7-6-11(18)8-13(12)21-15(16)9-2-4-10(17)5-3-9/h2-8,15-18H,1H3. The molecule has 0 aromatic heterocycles. The lowest BCUT2D eigenvalue weighted by Gasteiger charge is -2.31. The maximum absolute atomic E-state index is 12.5. The molecular formula is C16H14O5. The summed E-state index contributed by atoms with van der Waals surface area (Å²) >= 11 is 0. The Morgan fingerprint density at radius 3 is 2.38 bits per heavy atom. The fourth-order valence-corrected chi connectivity index (χ4v) is 2.44. The highest BCUT2D eigenvalue weighted by Crippen LogP contribution is 2.38. The van der Waals surface area contributed by atoms with Crippen molar-refractivity contribution in [1.29, 1.82) is 0 Å². The number of carbonyl (C=O) groups is 1. The lowest BCUT2D eigenvalue weighted by atomic mass is 9.93. The fraction of sp³-hybridized carbons (Fsp3) is 0.188. The molecule has 21 heavy (non-hydrogen) atoms. The molecule has 1 aliphatic heterocycles. The number of phenolic OH excluding ortho intramolecular Hbond substituents is 2. The molecule has 0 spiro atoms. The van der Waals surface area contributed by atoms with Crippen molar-refractivity contribution in [3.05, 3.63) is 53.6 Å². The minimum absolute atomic E-state index is 0.0295. The second-order valence-corrected chi connectivity index (χ2v) is 4.83. The number of hydrogen-bond donors (Lipinski definition) is 2. The molecule has 0 bridgehead atoms. The molecule has 2 atom stereocenters. The Labute approximate surface area is 121 Å². The number of ether oxygens (including phenoxy) is 2. The summed E-state index contributed by atoms with van der Waals surface area (Å²) in [5.74, 6) is 0.290. The number of phenols is 2. The van der Waals surface area contributed by atoms with E-state index in [1.807, 2.05) is 0 Å². The van der Waals surface area contributed by atoms with Crippen molar-refractivity contribution in [3.8, 4) is 17.2 Å². The molecule has 0 aliphatic carbocycles. The highest BCUT2D eigenvalue weighted by molar-refractivity contribution is 6.03. The van der Waals surface area contributed by atoms with Crippen molar-refractivity contribution in [3.63, 3.8) is 0 Å². The van der Waals surface area contributed by atoms with Crippen LogP contribution in [0.5, 0.6) is 17.2 Å². The number of rotatable bonds is 2. The Morgan fingerprint density at radius 1 is 1.05 bits per heavy atom. The third-order valence-electron chi connectivity index (χ3n) is 3.49. The summed E-state index contributed by atoms with van der Waals surface area (Å²) in [6, 6.07) is 10.8. The molecule has 0 fully saturated rings. The second-order valence-electron chi connectivity index (χ2n) is 4.83. The van der Waals surface area contributed by atoms with Gasteiger partial charge in [0.25, 0.3) is 0 Å². The summed E-state index contributed by atoms with van der Waals surface area (Å²) in [6.45, 7) is 0. The summed E-state index contributed by atoms with van der Waals surface area (Å²) < 4.78 is 11.1. The third kappa shape index (κ3) is 2.32. The topological polar surface area (TPSA) is 76.0 Å². The average molecular weight is 286 g/mol. The number of fused-ring (bicyclic) bond motifs is 1. The first-order chi connectivity index (χ1) is 10.1. The molecule has 0 radical (unpaired) electrons. The zero-order valence-electron chi connectivity index (χ0n) is 11.3. The second kappa shape index (κ2) is 5.10. The van der Waals surface area contributed by atoms with Gasteiger partial charge in [0, 0.05) is 13.2 Å². The summed E-state index contributed by atoms with van der Waals surface area (Å²) in [4.78, 5) is 12.5. The predicted molar refractivity (Wildman–Crippen MR) is 74.7 cm³/mol. The molecule has 0 saturated heterocycles. The minimum Gasteiger partial charge on any atom is -0.508 e. The van der Waals surface area contributed by atoms with Crippen molar-refractivity contribution in [2.45, 2.75) is 12.2 Å². The van der Waals surface area contributed by atoms with Gasteiger partial charge < -0.3 is 19.7 Å². The van der Waals surface area contributed by atoms with Crippen molar-refractivity contribution in [2.75, 3.05) is 7.11 Å². The Morgan fingerprint density at radius 2 is 1.71 bits per heavy atom. The third-order valence-corrected chi connectivity index (χ3v) is 3.49. The fourth-order valence-electron chi connectivity index (χ4n) is 2.44. The number of ketones is 1. The van der Waals surface area contributed by atoms with E-state index in [9.17, 15) is 15.0 Å². The van der Waals surface area contributed by atoms with E-state index in [1.54, 1.807) is 12.1 Å². The number of aromatic hydroxyl groups is 2. The van der Waals surface area contributed by atoms with Crippen LogP contribution in [0.25, 0.3) is 0 Å². The van der Waals surface area contributed by atoms with Gasteiger partial charge in [0.15, 0.2) is 18.0 Å². The molecule has 1 heterocycles. The Kier molecular flexibility index (Phi) is 3.27. The summed E-state index contributed by atoms with van der Waals surface area (Å²) in [6.07, 6.45) is -1.40. The number of carbonyl (C=O) groups excluding carboxylic acids is 1. The molecule has 1 aliphatic rings. The van der Waals surface area contributed by atoms with Gasteiger partial charge in [0.2, 0.25) is 0 Å². The van der Waals surface area contributed by atoms with Crippen LogP contribution in [0.15, 0.2) is 42.5 Å². The van der Waals surface area contributed by atoms with E-state index in [4.69, 9.17) is 9.47 Å². The van der Waals surface area contributed by atoms with E-state index in [-0.39, 0.29) is 17.3 Å². The maximum Gasteiger partial charge on any atom is 0.199 e. The quantitative estimate of drug-likeness (QED) is 0.886. The van der Waals surface area contributed by atoms with E-state index in [2.05, 4.69) is 0 Å². The SMILES string of the molecule is COC1C(=O)c2ccc(O)cc2OC1c1ccc(O)cc1. The molecular weight excluding hydrogens is 272 g/mol. The van der Waals surface area contributed by atoms with Crippen LogP contribution in [0.2, 0.25) is 0 Å². The first-order valence-electron chi connectivity index (χ1n) is 6.46. The molecule has 5 heteroatoms. The molecule has 3 rings (SSSR count). The molecule has 0 saturated carbocycles. The van der Waals surface area contributed by atoms with E-state index in [0.29, 0.717) is 16.9 Å². The van der Waals surface area contributed by atoms with Gasteiger partial charge in [-0.25, -0.2) is 0 Å². The summed E-state index contributed by atoms with van der Waals surface area (Å²) in [5.41, 5.74) is 1.09. The zero-order valence-corrected chi connectivity index (χ0v) is 11.3. The molecule has 0 amide bonds. The lowest BCUT2D eigenvalue weighted by molar-refractivity contribution is -0.000685. The van der Waals surface area contributed by atoms with Crippen LogP contribution in [0, 0.1) is 0 Å². The highest BCUT2D eigenvalue weighted by Gasteiger charge is 2.38. The van der Waals surface area contributed by atoms with Crippen LogP contribution >= 0.6 is 0 Å². The van der Waals surface area contributed by atoms with Crippen LogP contribution < -0.4 is 4.74 Å². The van der Waals surface area contributed by atoms with E-state index in [0.717, 1.165) is 0 Å². The molecule has 2 unspecified atom stereocenters. The number of benzene rings is 2. The predicted octanol–water partition coefficient (Wildman–Crippen LogP) is 2.43. The molecule has 2 aromatic carbocycles. The average Bonchev–Trinajstić information content (AvgIpc) is 2.47. The summed E-state index contributed by atoms with van der Waals surface area (Å²) in [7, 11) is 1.45.